The molecule has 31 heavy (non-hydrogen) atoms. The number of esters is 1. The first-order valence-corrected chi connectivity index (χ1v) is 9.91. The van der Waals surface area contributed by atoms with Crippen LogP contribution in [-0.2, 0) is 29.2 Å². The Hall–Kier alpha value is -3.65. The Kier molecular flexibility index (Phi) is 5.99. The number of halogens is 1. The molecular formula is C22H19ClN4O4. The molecule has 0 unspecified atom stereocenters. The van der Waals surface area contributed by atoms with E-state index in [1.165, 1.54) is 0 Å². The van der Waals surface area contributed by atoms with Gasteiger partial charge in [0.15, 0.2) is 0 Å². The van der Waals surface area contributed by atoms with E-state index < -0.39 is 11.7 Å². The van der Waals surface area contributed by atoms with Crippen LogP contribution in [0.1, 0.15) is 16.8 Å². The van der Waals surface area contributed by atoms with Crippen molar-refractivity contribution in [1.29, 1.82) is 0 Å². The molecule has 0 spiro atoms. The molecule has 2 heterocycles. The maximum absolute atomic E-state index is 12.1. The third-order valence-corrected chi connectivity index (χ3v) is 4.95. The molecule has 0 aliphatic carbocycles. The number of carbonyl (C=O) groups excluding carboxylic acids is 1. The van der Waals surface area contributed by atoms with Crippen molar-refractivity contribution in [3.63, 3.8) is 0 Å². The van der Waals surface area contributed by atoms with E-state index in [4.69, 9.17) is 20.8 Å². The highest BCUT2D eigenvalue weighted by Crippen LogP contribution is 2.20. The van der Waals surface area contributed by atoms with E-state index in [9.17, 15) is 9.59 Å². The summed E-state index contributed by atoms with van der Waals surface area (Å²) in [5.41, 5.74) is 3.10. The predicted octanol–water partition coefficient (Wildman–Crippen LogP) is 3.45. The fourth-order valence-corrected chi connectivity index (χ4v) is 3.13. The fourth-order valence-electron chi connectivity index (χ4n) is 3.01. The SMILES string of the molecule is Cc1c(-c2nn(CC(=O)OCc3ccccc3)c(=O)o2)ncn1Cc1ccc(Cl)cc1. The van der Waals surface area contributed by atoms with Crippen LogP contribution in [0.3, 0.4) is 0 Å². The van der Waals surface area contributed by atoms with E-state index in [2.05, 4.69) is 10.1 Å². The summed E-state index contributed by atoms with van der Waals surface area (Å²) in [6, 6.07) is 16.8. The van der Waals surface area contributed by atoms with Gasteiger partial charge in [0.25, 0.3) is 5.89 Å². The molecule has 0 aliphatic rings. The third-order valence-electron chi connectivity index (χ3n) is 4.70. The maximum Gasteiger partial charge on any atom is 0.438 e. The minimum atomic E-state index is -0.752. The van der Waals surface area contributed by atoms with Gasteiger partial charge in [-0.1, -0.05) is 54.1 Å². The largest absolute Gasteiger partial charge is 0.459 e. The Balaban J connectivity index is 1.45. The van der Waals surface area contributed by atoms with Gasteiger partial charge in [-0.25, -0.2) is 9.78 Å². The summed E-state index contributed by atoms with van der Waals surface area (Å²) in [5.74, 6) is -1.29. The van der Waals surface area contributed by atoms with Crippen molar-refractivity contribution in [3.8, 4) is 11.6 Å². The molecular weight excluding hydrogens is 420 g/mol. The molecule has 0 aliphatic heterocycles. The van der Waals surface area contributed by atoms with Crippen LogP contribution in [0.5, 0.6) is 0 Å². The van der Waals surface area contributed by atoms with Gasteiger partial charge in [-0.2, -0.15) is 4.68 Å². The van der Waals surface area contributed by atoms with Crippen molar-refractivity contribution in [3.05, 3.63) is 93.3 Å². The summed E-state index contributed by atoms with van der Waals surface area (Å²) < 4.78 is 13.3. The van der Waals surface area contributed by atoms with E-state index in [1.807, 2.05) is 66.1 Å². The standard InChI is InChI=1S/C22H19ClN4O4/c1-15-20(24-14-26(15)11-16-7-9-18(23)10-8-16)21-25-27(22(29)31-21)12-19(28)30-13-17-5-3-2-4-6-17/h2-10,14H,11-13H2,1H3. The molecule has 4 rings (SSSR count). The molecule has 4 aromatic rings. The number of hydrogen-bond acceptors (Lipinski definition) is 6. The van der Waals surface area contributed by atoms with Crippen molar-refractivity contribution in [2.45, 2.75) is 26.6 Å². The molecule has 158 valence electrons. The van der Waals surface area contributed by atoms with E-state index in [0.29, 0.717) is 17.3 Å². The number of ether oxygens (including phenoxy) is 1. The summed E-state index contributed by atoms with van der Waals surface area (Å²) in [7, 11) is 0. The Bertz CT molecular complexity index is 1240. The average molecular weight is 439 g/mol. The molecule has 0 radical (unpaired) electrons. The number of benzene rings is 2. The summed E-state index contributed by atoms with van der Waals surface area (Å²) >= 11 is 5.93. The second-order valence-corrected chi connectivity index (χ2v) is 7.35. The zero-order chi connectivity index (χ0) is 21.8. The van der Waals surface area contributed by atoms with Crippen molar-refractivity contribution >= 4 is 17.6 Å². The second-order valence-electron chi connectivity index (χ2n) is 6.91. The summed E-state index contributed by atoms with van der Waals surface area (Å²) in [5, 5.41) is 4.78. The van der Waals surface area contributed by atoms with Gasteiger partial charge in [0.1, 0.15) is 18.8 Å². The summed E-state index contributed by atoms with van der Waals surface area (Å²) in [6.45, 7) is 2.20. The highest BCUT2D eigenvalue weighted by molar-refractivity contribution is 6.30. The summed E-state index contributed by atoms with van der Waals surface area (Å²) in [4.78, 5) is 28.6. The van der Waals surface area contributed by atoms with E-state index >= 15 is 0 Å². The Morgan fingerprint density at radius 3 is 2.58 bits per heavy atom. The monoisotopic (exact) mass is 438 g/mol. The Labute approximate surface area is 182 Å². The lowest BCUT2D eigenvalue weighted by Crippen LogP contribution is -2.22. The fraction of sp³-hybridized carbons (Fsp3) is 0.182. The molecule has 0 N–H and O–H groups in total. The molecule has 0 fully saturated rings. The molecule has 0 atom stereocenters. The van der Waals surface area contributed by atoms with Gasteiger partial charge in [0.2, 0.25) is 0 Å². The van der Waals surface area contributed by atoms with Gasteiger partial charge >= 0.3 is 11.7 Å². The van der Waals surface area contributed by atoms with Crippen LogP contribution in [0.25, 0.3) is 11.6 Å². The number of hydrogen-bond donors (Lipinski definition) is 0. The summed E-state index contributed by atoms with van der Waals surface area (Å²) in [6.07, 6.45) is 1.65. The van der Waals surface area contributed by atoms with Gasteiger partial charge < -0.3 is 13.7 Å². The molecule has 0 saturated heterocycles. The van der Waals surface area contributed by atoms with Crippen LogP contribution in [-0.4, -0.2) is 25.3 Å². The second kappa shape index (κ2) is 9.01. The quantitative estimate of drug-likeness (QED) is 0.410. The lowest BCUT2D eigenvalue weighted by Gasteiger charge is -2.05. The van der Waals surface area contributed by atoms with E-state index in [0.717, 1.165) is 21.5 Å². The van der Waals surface area contributed by atoms with Crippen LogP contribution >= 0.6 is 11.6 Å². The average Bonchev–Trinajstić information content (AvgIpc) is 3.31. The van der Waals surface area contributed by atoms with Crippen LogP contribution in [0.15, 0.2) is 70.1 Å². The number of aromatic nitrogens is 4. The minimum absolute atomic E-state index is 0.0493. The van der Waals surface area contributed by atoms with E-state index in [1.54, 1.807) is 6.33 Å². The van der Waals surface area contributed by atoms with E-state index in [-0.39, 0.29) is 19.0 Å². The topological polar surface area (TPSA) is 92.2 Å². The Morgan fingerprint density at radius 1 is 1.10 bits per heavy atom. The highest BCUT2D eigenvalue weighted by atomic mass is 35.5. The smallest absolute Gasteiger partial charge is 0.438 e. The minimum Gasteiger partial charge on any atom is -0.459 e. The zero-order valence-electron chi connectivity index (χ0n) is 16.7. The number of nitrogens with zero attached hydrogens (tertiary/aromatic N) is 4. The van der Waals surface area contributed by atoms with Crippen molar-refractivity contribution in [1.82, 2.24) is 19.3 Å². The maximum atomic E-state index is 12.1. The molecule has 9 heteroatoms. The predicted molar refractivity (Wildman–Crippen MR) is 114 cm³/mol. The van der Waals surface area contributed by atoms with Gasteiger partial charge in [-0.15, -0.1) is 5.10 Å². The zero-order valence-corrected chi connectivity index (χ0v) is 17.5. The van der Waals surface area contributed by atoms with Gasteiger partial charge in [0.05, 0.1) is 6.33 Å². The van der Waals surface area contributed by atoms with Crippen LogP contribution in [0.4, 0.5) is 0 Å². The molecule has 2 aromatic heterocycles. The van der Waals surface area contributed by atoms with Crippen molar-refractivity contribution < 1.29 is 13.9 Å². The number of imidazole rings is 1. The number of rotatable bonds is 7. The lowest BCUT2D eigenvalue weighted by atomic mass is 10.2. The van der Waals surface area contributed by atoms with Crippen molar-refractivity contribution in [2.24, 2.45) is 0 Å². The molecule has 0 saturated carbocycles. The third kappa shape index (κ3) is 4.92. The first-order valence-electron chi connectivity index (χ1n) is 9.53. The lowest BCUT2D eigenvalue weighted by molar-refractivity contribution is -0.146. The molecule has 0 bridgehead atoms. The van der Waals surface area contributed by atoms with Gasteiger partial charge in [0, 0.05) is 17.3 Å². The normalized spacial score (nSPS) is 10.9. The van der Waals surface area contributed by atoms with Gasteiger partial charge in [-0.05, 0) is 30.2 Å². The van der Waals surface area contributed by atoms with Crippen molar-refractivity contribution in [2.75, 3.05) is 0 Å². The highest BCUT2D eigenvalue weighted by Gasteiger charge is 2.19. The first kappa shape index (κ1) is 20.6. The van der Waals surface area contributed by atoms with Gasteiger partial charge in [-0.3, -0.25) is 4.79 Å². The number of carbonyl (C=O) groups is 1. The Morgan fingerprint density at radius 2 is 1.84 bits per heavy atom. The van der Waals surface area contributed by atoms with Crippen LogP contribution in [0.2, 0.25) is 5.02 Å². The molecule has 8 nitrogen and oxygen atoms in total. The first-order chi connectivity index (χ1) is 15.0. The van der Waals surface area contributed by atoms with Crippen LogP contribution in [0, 0.1) is 6.92 Å². The molecule has 0 amide bonds. The van der Waals surface area contributed by atoms with Crippen LogP contribution < -0.4 is 5.76 Å². The molecule has 2 aromatic carbocycles.